The first-order valence-electron chi connectivity index (χ1n) is 6.97. The number of para-hydroxylation sites is 1. The van der Waals surface area contributed by atoms with Gasteiger partial charge in [-0.15, -0.1) is 0 Å². The van der Waals surface area contributed by atoms with Crippen LogP contribution >= 0.6 is 0 Å². The van der Waals surface area contributed by atoms with Gasteiger partial charge in [0.15, 0.2) is 12.2 Å². The van der Waals surface area contributed by atoms with Crippen molar-refractivity contribution >= 4 is 20.9 Å². The number of oxazole rings is 1. The number of benzene rings is 2. The smallest absolute Gasteiger partial charge is 0.268 e. The van der Waals surface area contributed by atoms with Gasteiger partial charge in [-0.1, -0.05) is 18.2 Å². The van der Waals surface area contributed by atoms with Crippen LogP contribution in [0.2, 0.25) is 0 Å². The lowest BCUT2D eigenvalue weighted by molar-refractivity contribution is 0.571. The summed E-state index contributed by atoms with van der Waals surface area (Å²) >= 11 is 0. The van der Waals surface area contributed by atoms with Crippen LogP contribution in [-0.4, -0.2) is 17.4 Å². The molecule has 0 bridgehead atoms. The third-order valence-electron chi connectivity index (χ3n) is 3.69. The summed E-state index contributed by atoms with van der Waals surface area (Å²) in [6.45, 7) is 0. The van der Waals surface area contributed by atoms with Gasteiger partial charge in [-0.3, -0.25) is 0 Å². The summed E-state index contributed by atoms with van der Waals surface area (Å²) in [5, 5.41) is 0.884. The van der Waals surface area contributed by atoms with E-state index >= 15 is 0 Å². The summed E-state index contributed by atoms with van der Waals surface area (Å²) in [5.41, 5.74) is 1.44. The van der Waals surface area contributed by atoms with E-state index in [4.69, 9.17) is 4.42 Å². The fraction of sp³-hybridized carbons (Fsp3) is 0. The largest absolute Gasteiger partial charge is 0.444 e. The number of fused-ring (bicyclic) bond motifs is 1. The van der Waals surface area contributed by atoms with Crippen LogP contribution in [0.4, 0.5) is 0 Å². The van der Waals surface area contributed by atoms with E-state index in [1.165, 1.54) is 10.4 Å². The highest BCUT2D eigenvalue weighted by Crippen LogP contribution is 2.24. The molecule has 0 atom stereocenters. The minimum Gasteiger partial charge on any atom is -0.444 e. The second-order valence-electron chi connectivity index (χ2n) is 5.07. The zero-order valence-corrected chi connectivity index (χ0v) is 12.8. The first kappa shape index (κ1) is 13.8. The van der Waals surface area contributed by atoms with Crippen molar-refractivity contribution < 1.29 is 12.8 Å². The molecule has 0 saturated carbocycles. The van der Waals surface area contributed by atoms with Crippen molar-refractivity contribution in [3.05, 3.63) is 73.4 Å². The minimum absolute atomic E-state index is 0.224. The van der Waals surface area contributed by atoms with Gasteiger partial charge in [0.1, 0.15) is 0 Å². The van der Waals surface area contributed by atoms with Gasteiger partial charge in [0.05, 0.1) is 16.6 Å². The highest BCUT2D eigenvalue weighted by atomic mass is 32.2. The van der Waals surface area contributed by atoms with E-state index in [0.29, 0.717) is 11.3 Å². The summed E-state index contributed by atoms with van der Waals surface area (Å²) in [6, 6.07) is 15.7. The molecule has 0 N–H and O–H groups in total. The third kappa shape index (κ3) is 2.24. The molecule has 2 aromatic heterocycles. The first-order valence-corrected chi connectivity index (χ1v) is 8.41. The topological polar surface area (TPSA) is 65.1 Å². The average Bonchev–Trinajstić information content (AvgIpc) is 3.25. The predicted octanol–water partition coefficient (Wildman–Crippen LogP) is 3.53. The molecular weight excluding hydrogens is 312 g/mol. The number of hydrogen-bond donors (Lipinski definition) is 0. The van der Waals surface area contributed by atoms with Gasteiger partial charge in [-0.05, 0) is 36.4 Å². The SMILES string of the molecule is O=S(=O)(c1ccc(-c2cnco2)cc1)n1ccc2ccccc21. The van der Waals surface area contributed by atoms with Crippen molar-refractivity contribution in [3.8, 4) is 11.3 Å². The number of hydrogen-bond acceptors (Lipinski definition) is 4. The van der Waals surface area contributed by atoms with Crippen LogP contribution in [0.25, 0.3) is 22.2 Å². The lowest BCUT2D eigenvalue weighted by Gasteiger charge is -2.08. The Bertz CT molecular complexity index is 1060. The van der Waals surface area contributed by atoms with E-state index in [0.717, 1.165) is 10.9 Å². The molecule has 0 aliphatic heterocycles. The Labute approximate surface area is 132 Å². The molecule has 6 heteroatoms. The molecule has 0 aliphatic rings. The van der Waals surface area contributed by atoms with Gasteiger partial charge in [-0.25, -0.2) is 17.4 Å². The van der Waals surface area contributed by atoms with Crippen molar-refractivity contribution in [2.24, 2.45) is 0 Å². The molecule has 0 amide bonds. The Hall–Kier alpha value is -2.86. The molecule has 5 nitrogen and oxygen atoms in total. The van der Waals surface area contributed by atoms with Gasteiger partial charge in [0.25, 0.3) is 10.0 Å². The van der Waals surface area contributed by atoms with Gasteiger partial charge in [0.2, 0.25) is 0 Å². The second kappa shape index (κ2) is 5.10. The summed E-state index contributed by atoms with van der Waals surface area (Å²) < 4.78 is 32.2. The van der Waals surface area contributed by atoms with E-state index < -0.39 is 10.0 Å². The van der Waals surface area contributed by atoms with Crippen LogP contribution in [0.5, 0.6) is 0 Å². The quantitative estimate of drug-likeness (QED) is 0.578. The maximum absolute atomic E-state index is 12.8. The molecular formula is C17H12N2O3S. The standard InChI is InChI=1S/C17H12N2O3S/c20-23(21,19-10-9-13-3-1-2-4-16(13)19)15-7-5-14(6-8-15)17-11-18-12-22-17/h1-12H. The molecule has 23 heavy (non-hydrogen) atoms. The van der Waals surface area contributed by atoms with Gasteiger partial charge in [0, 0.05) is 17.1 Å². The molecule has 4 rings (SSSR count). The zero-order chi connectivity index (χ0) is 15.9. The molecule has 114 valence electrons. The summed E-state index contributed by atoms with van der Waals surface area (Å²) in [7, 11) is -3.64. The van der Waals surface area contributed by atoms with Crippen LogP contribution in [0.1, 0.15) is 0 Å². The average molecular weight is 324 g/mol. The molecule has 0 unspecified atom stereocenters. The summed E-state index contributed by atoms with van der Waals surface area (Å²) in [5.74, 6) is 0.598. The monoisotopic (exact) mass is 324 g/mol. The lowest BCUT2D eigenvalue weighted by atomic mass is 10.2. The van der Waals surface area contributed by atoms with E-state index in [1.54, 1.807) is 48.8 Å². The highest BCUT2D eigenvalue weighted by molar-refractivity contribution is 7.90. The predicted molar refractivity (Wildman–Crippen MR) is 86.5 cm³/mol. The van der Waals surface area contributed by atoms with Gasteiger partial charge in [-0.2, -0.15) is 0 Å². The third-order valence-corrected chi connectivity index (χ3v) is 5.40. The van der Waals surface area contributed by atoms with Crippen LogP contribution in [-0.2, 0) is 10.0 Å². The Balaban J connectivity index is 1.80. The van der Waals surface area contributed by atoms with Crippen molar-refractivity contribution in [1.82, 2.24) is 8.96 Å². The Morgan fingerprint density at radius 3 is 2.48 bits per heavy atom. The second-order valence-corrected chi connectivity index (χ2v) is 6.88. The molecule has 0 aliphatic carbocycles. The Kier molecular flexibility index (Phi) is 3.06. The molecule has 2 aromatic carbocycles. The van der Waals surface area contributed by atoms with Crippen molar-refractivity contribution in [2.45, 2.75) is 4.90 Å². The van der Waals surface area contributed by atoms with Crippen LogP contribution in [0, 0.1) is 0 Å². The lowest BCUT2D eigenvalue weighted by Crippen LogP contribution is -2.11. The Morgan fingerprint density at radius 1 is 0.957 bits per heavy atom. The summed E-state index contributed by atoms with van der Waals surface area (Å²) in [4.78, 5) is 4.08. The van der Waals surface area contributed by atoms with E-state index in [2.05, 4.69) is 4.98 Å². The van der Waals surface area contributed by atoms with Crippen molar-refractivity contribution in [2.75, 3.05) is 0 Å². The van der Waals surface area contributed by atoms with E-state index in [-0.39, 0.29) is 4.90 Å². The molecule has 4 aromatic rings. The van der Waals surface area contributed by atoms with E-state index in [1.807, 2.05) is 18.2 Å². The maximum Gasteiger partial charge on any atom is 0.268 e. The normalized spacial score (nSPS) is 11.8. The maximum atomic E-state index is 12.8. The zero-order valence-electron chi connectivity index (χ0n) is 12.0. The van der Waals surface area contributed by atoms with Gasteiger partial charge < -0.3 is 4.42 Å². The summed E-state index contributed by atoms with van der Waals surface area (Å²) in [6.07, 6.45) is 4.50. The van der Waals surface area contributed by atoms with Crippen LogP contribution < -0.4 is 0 Å². The van der Waals surface area contributed by atoms with Crippen LogP contribution in [0.15, 0.2) is 82.7 Å². The molecule has 2 heterocycles. The minimum atomic E-state index is -3.64. The van der Waals surface area contributed by atoms with Crippen molar-refractivity contribution in [1.29, 1.82) is 0 Å². The van der Waals surface area contributed by atoms with Gasteiger partial charge >= 0.3 is 0 Å². The fourth-order valence-electron chi connectivity index (χ4n) is 2.53. The molecule has 0 saturated heterocycles. The molecule has 0 radical (unpaired) electrons. The highest BCUT2D eigenvalue weighted by Gasteiger charge is 2.18. The number of rotatable bonds is 3. The molecule has 0 fully saturated rings. The number of aromatic nitrogens is 2. The first-order chi connectivity index (χ1) is 11.2. The number of nitrogens with zero attached hydrogens (tertiary/aromatic N) is 2. The van der Waals surface area contributed by atoms with Crippen LogP contribution in [0.3, 0.4) is 0 Å². The Morgan fingerprint density at radius 2 is 1.74 bits per heavy atom. The van der Waals surface area contributed by atoms with E-state index in [9.17, 15) is 8.42 Å². The van der Waals surface area contributed by atoms with Crippen molar-refractivity contribution in [3.63, 3.8) is 0 Å². The fourth-order valence-corrected chi connectivity index (χ4v) is 3.88. The molecule has 0 spiro atoms.